The molecule has 2 aliphatic heterocycles. The number of nitrogens with one attached hydrogen (secondary N) is 1. The number of carbonyl (C=O) groups is 1. The molecule has 11 heavy (non-hydrogen) atoms. The van der Waals surface area contributed by atoms with Gasteiger partial charge in [-0.2, -0.15) is 0 Å². The number of thioether (sulfide) groups is 1. The molecular weight excluding hydrogens is 160 g/mol. The van der Waals surface area contributed by atoms with Crippen LogP contribution < -0.4 is 5.43 Å². The van der Waals surface area contributed by atoms with Crippen LogP contribution in [0.1, 0.15) is 26.2 Å². The molecule has 3 nitrogen and oxygen atoms in total. The number of carbonyl (C=O) groups excluding carboxylic acids is 1. The van der Waals surface area contributed by atoms with Crippen molar-refractivity contribution in [2.75, 3.05) is 0 Å². The van der Waals surface area contributed by atoms with Crippen molar-refractivity contribution < 1.29 is 4.79 Å². The average molecular weight is 172 g/mol. The fourth-order valence-corrected chi connectivity index (χ4v) is 2.77. The van der Waals surface area contributed by atoms with Gasteiger partial charge in [0.05, 0.1) is 5.37 Å². The Morgan fingerprint density at radius 3 is 3.18 bits per heavy atom. The van der Waals surface area contributed by atoms with Crippen LogP contribution in [0.15, 0.2) is 0 Å². The first-order valence-electron chi connectivity index (χ1n) is 4.03. The lowest BCUT2D eigenvalue weighted by Crippen LogP contribution is -2.46. The number of nitrogens with zero attached hydrogens (tertiary/aromatic N) is 1. The summed E-state index contributed by atoms with van der Waals surface area (Å²) in [7, 11) is 0. The van der Waals surface area contributed by atoms with Crippen LogP contribution in [0.3, 0.4) is 0 Å². The van der Waals surface area contributed by atoms with E-state index in [4.69, 9.17) is 0 Å². The summed E-state index contributed by atoms with van der Waals surface area (Å²) in [6.45, 7) is 2.16. The molecule has 62 valence electrons. The first-order chi connectivity index (χ1) is 5.27. The van der Waals surface area contributed by atoms with Gasteiger partial charge >= 0.3 is 0 Å². The minimum absolute atomic E-state index is 0.115. The molecule has 2 aliphatic rings. The summed E-state index contributed by atoms with van der Waals surface area (Å²) in [5.74, 6) is 0. The zero-order valence-electron chi connectivity index (χ0n) is 6.54. The van der Waals surface area contributed by atoms with Crippen molar-refractivity contribution in [2.24, 2.45) is 0 Å². The number of fused-ring (bicyclic) bond motifs is 1. The summed E-state index contributed by atoms with van der Waals surface area (Å²) in [6.07, 6.45) is 3.61. The van der Waals surface area contributed by atoms with Gasteiger partial charge in [-0.3, -0.25) is 10.2 Å². The van der Waals surface area contributed by atoms with Crippen LogP contribution in [0.25, 0.3) is 0 Å². The Hall–Kier alpha value is -0.220. The minimum atomic E-state index is 0.115. The Bertz CT molecular complexity index is 185. The van der Waals surface area contributed by atoms with Gasteiger partial charge in [0, 0.05) is 6.04 Å². The van der Waals surface area contributed by atoms with Gasteiger partial charge in [0.25, 0.3) is 5.24 Å². The summed E-state index contributed by atoms with van der Waals surface area (Å²) < 4.78 is 0. The summed E-state index contributed by atoms with van der Waals surface area (Å²) in [6, 6.07) is 0.521. The Balaban J connectivity index is 2.09. The second-order valence-electron chi connectivity index (χ2n) is 3.16. The fourth-order valence-electron chi connectivity index (χ4n) is 1.70. The maximum Gasteiger partial charge on any atom is 0.295 e. The second kappa shape index (κ2) is 2.68. The van der Waals surface area contributed by atoms with Crippen molar-refractivity contribution >= 4 is 17.0 Å². The van der Waals surface area contributed by atoms with Gasteiger partial charge in [0.2, 0.25) is 0 Å². The smallest absolute Gasteiger partial charge is 0.278 e. The molecule has 2 heterocycles. The average Bonchev–Trinajstić information content (AvgIpc) is 2.31. The molecule has 2 saturated heterocycles. The maximum absolute atomic E-state index is 11.0. The largest absolute Gasteiger partial charge is 0.295 e. The van der Waals surface area contributed by atoms with Gasteiger partial charge in [0.15, 0.2) is 0 Å². The molecule has 0 aromatic heterocycles. The highest BCUT2D eigenvalue weighted by Gasteiger charge is 2.36. The lowest BCUT2D eigenvalue weighted by Gasteiger charge is -2.32. The van der Waals surface area contributed by atoms with Crippen LogP contribution in [0.2, 0.25) is 0 Å². The molecule has 0 saturated carbocycles. The van der Waals surface area contributed by atoms with Crippen LogP contribution in [0.5, 0.6) is 0 Å². The lowest BCUT2D eigenvalue weighted by atomic mass is 10.1. The van der Waals surface area contributed by atoms with Crippen LogP contribution in [-0.2, 0) is 0 Å². The molecule has 0 aliphatic carbocycles. The van der Waals surface area contributed by atoms with Gasteiger partial charge in [-0.05, 0) is 37.9 Å². The van der Waals surface area contributed by atoms with E-state index in [-0.39, 0.29) is 5.24 Å². The van der Waals surface area contributed by atoms with E-state index in [0.717, 1.165) is 6.42 Å². The predicted molar refractivity (Wildman–Crippen MR) is 45.1 cm³/mol. The Morgan fingerprint density at radius 1 is 1.64 bits per heavy atom. The molecule has 0 aromatic carbocycles. The monoisotopic (exact) mass is 172 g/mol. The van der Waals surface area contributed by atoms with Crippen molar-refractivity contribution in [3.8, 4) is 0 Å². The third-order valence-corrected chi connectivity index (χ3v) is 3.36. The summed E-state index contributed by atoms with van der Waals surface area (Å²) >= 11 is 1.43. The second-order valence-corrected chi connectivity index (χ2v) is 4.31. The highest BCUT2D eigenvalue weighted by atomic mass is 32.2. The predicted octanol–water partition coefficient (Wildman–Crippen LogP) is 1.56. The lowest BCUT2D eigenvalue weighted by molar-refractivity contribution is 0.109. The Labute approximate surface area is 70.5 Å². The third-order valence-electron chi connectivity index (χ3n) is 2.32. The quantitative estimate of drug-likeness (QED) is 0.602. The minimum Gasteiger partial charge on any atom is -0.278 e. The summed E-state index contributed by atoms with van der Waals surface area (Å²) in [5.41, 5.74) is 2.86. The van der Waals surface area contributed by atoms with Crippen molar-refractivity contribution in [3.63, 3.8) is 0 Å². The normalized spacial score (nSPS) is 38.5. The Kier molecular flexibility index (Phi) is 1.81. The van der Waals surface area contributed by atoms with Crippen LogP contribution in [0, 0.1) is 0 Å². The van der Waals surface area contributed by atoms with Crippen molar-refractivity contribution in [1.82, 2.24) is 10.4 Å². The molecule has 4 heteroatoms. The van der Waals surface area contributed by atoms with Crippen LogP contribution in [0.4, 0.5) is 4.79 Å². The molecule has 1 N–H and O–H groups in total. The van der Waals surface area contributed by atoms with E-state index in [2.05, 4.69) is 17.4 Å². The van der Waals surface area contributed by atoms with Crippen molar-refractivity contribution in [2.45, 2.75) is 37.6 Å². The van der Waals surface area contributed by atoms with E-state index in [1.54, 1.807) is 0 Å². The highest BCUT2D eigenvalue weighted by molar-refractivity contribution is 8.14. The van der Waals surface area contributed by atoms with Crippen LogP contribution in [-0.4, -0.2) is 21.7 Å². The number of hydrogen-bond donors (Lipinski definition) is 1. The van der Waals surface area contributed by atoms with E-state index in [9.17, 15) is 4.79 Å². The van der Waals surface area contributed by atoms with E-state index in [0.29, 0.717) is 11.4 Å². The molecule has 0 radical (unpaired) electrons. The van der Waals surface area contributed by atoms with Crippen LogP contribution >= 0.6 is 11.8 Å². The topological polar surface area (TPSA) is 32.3 Å². The number of rotatable bonds is 0. The van der Waals surface area contributed by atoms with Gasteiger partial charge in [-0.1, -0.05) is 0 Å². The third kappa shape index (κ3) is 1.25. The van der Waals surface area contributed by atoms with E-state index in [1.807, 2.05) is 0 Å². The van der Waals surface area contributed by atoms with Gasteiger partial charge in [-0.15, -0.1) is 0 Å². The zero-order valence-corrected chi connectivity index (χ0v) is 7.36. The molecule has 0 spiro atoms. The molecule has 2 atom stereocenters. The SMILES string of the molecule is CC1CCCC2SC(=O)NN12. The van der Waals surface area contributed by atoms with Crippen molar-refractivity contribution in [3.05, 3.63) is 0 Å². The molecule has 0 bridgehead atoms. The number of hydrazine groups is 1. The van der Waals surface area contributed by atoms with E-state index < -0.39 is 0 Å². The molecule has 0 aromatic rings. The highest BCUT2D eigenvalue weighted by Crippen LogP contribution is 2.33. The van der Waals surface area contributed by atoms with Gasteiger partial charge < -0.3 is 0 Å². The summed E-state index contributed by atoms with van der Waals surface area (Å²) in [5, 5.41) is 2.62. The van der Waals surface area contributed by atoms with Crippen molar-refractivity contribution in [1.29, 1.82) is 0 Å². The van der Waals surface area contributed by atoms with E-state index >= 15 is 0 Å². The van der Waals surface area contributed by atoms with Gasteiger partial charge in [-0.25, -0.2) is 5.01 Å². The van der Waals surface area contributed by atoms with E-state index in [1.165, 1.54) is 24.6 Å². The maximum atomic E-state index is 11.0. The number of amides is 1. The molecule has 2 unspecified atom stereocenters. The Morgan fingerprint density at radius 2 is 2.45 bits per heavy atom. The molecule has 1 amide bonds. The standard InChI is InChI=1S/C7H12N2OS/c1-5-3-2-4-6-9(5)8-7(10)11-6/h5-6H,2-4H2,1H3,(H,8,10). The first-order valence-corrected chi connectivity index (χ1v) is 4.91. The first kappa shape index (κ1) is 7.43. The van der Waals surface area contributed by atoms with Gasteiger partial charge in [0.1, 0.15) is 0 Å². The molecule has 2 fully saturated rings. The molecular formula is C7H12N2OS. The molecule has 2 rings (SSSR count). The number of piperidine rings is 1. The summed E-state index contributed by atoms with van der Waals surface area (Å²) in [4.78, 5) is 11.0. The fraction of sp³-hybridized carbons (Fsp3) is 0.857. The number of hydrogen-bond acceptors (Lipinski definition) is 3. The zero-order chi connectivity index (χ0) is 7.84.